The van der Waals surface area contributed by atoms with Crippen molar-refractivity contribution >= 4 is 32.5 Å². The number of carbonyl (C=O) groups excluding carboxylic acids is 1. The maximum Gasteiger partial charge on any atom is 0.252 e. The summed E-state index contributed by atoms with van der Waals surface area (Å²) in [5.41, 5.74) is 1.47. The molecule has 1 aromatic rings. The van der Waals surface area contributed by atoms with Crippen molar-refractivity contribution in [3.05, 3.63) is 33.8 Å². The number of rotatable bonds is 6. The number of thiol groups is 1. The van der Waals surface area contributed by atoms with E-state index in [0.29, 0.717) is 11.5 Å². The summed E-state index contributed by atoms with van der Waals surface area (Å²) in [7, 11) is -2.60. The van der Waals surface area contributed by atoms with E-state index < -0.39 is 10.7 Å². The molecule has 0 aromatic heterocycles. The quantitative estimate of drug-likeness (QED) is 0.776. The summed E-state index contributed by atoms with van der Waals surface area (Å²) < 4.78 is 21.9. The lowest BCUT2D eigenvalue weighted by Crippen LogP contribution is -2.26. The van der Waals surface area contributed by atoms with Crippen molar-refractivity contribution in [1.29, 1.82) is 0 Å². The van der Waals surface area contributed by atoms with Crippen molar-refractivity contribution < 1.29 is 13.2 Å². The lowest BCUT2D eigenvalue weighted by Gasteiger charge is -2.11. The van der Waals surface area contributed by atoms with Crippen LogP contribution in [0.5, 0.6) is 0 Å². The Kier molecular flexibility index (Phi) is 6.51. The second-order valence-corrected chi connectivity index (χ2v) is 6.63. The summed E-state index contributed by atoms with van der Waals surface area (Å²) in [5, 5.41) is 2.40. The lowest BCUT2D eigenvalue weighted by atomic mass is 9.98. The zero-order valence-electron chi connectivity index (χ0n) is 11.0. The number of amides is 1. The largest absolute Gasteiger partial charge is 0.338 e. The van der Waals surface area contributed by atoms with Gasteiger partial charge in [-0.05, 0) is 42.5 Å². The number of hydrogen-bond donors (Lipinski definition) is 2. The van der Waals surface area contributed by atoms with Crippen molar-refractivity contribution in [2.75, 3.05) is 5.88 Å². The van der Waals surface area contributed by atoms with Gasteiger partial charge in [0.05, 0.1) is 0 Å². The Morgan fingerprint density at radius 3 is 2.63 bits per heavy atom. The smallest absolute Gasteiger partial charge is 0.252 e. The highest BCUT2D eigenvalue weighted by Crippen LogP contribution is 2.19. The first kappa shape index (κ1) is 16.2. The molecule has 4 nitrogen and oxygen atoms in total. The van der Waals surface area contributed by atoms with Gasteiger partial charge in [0.1, 0.15) is 5.88 Å². The molecule has 0 atom stereocenters. The van der Waals surface area contributed by atoms with Gasteiger partial charge in [-0.25, -0.2) is 8.42 Å². The number of carbonyl (C=O) groups is 1. The molecular weight excluding hydrogens is 330 g/mol. The van der Waals surface area contributed by atoms with Crippen LogP contribution in [0.2, 0.25) is 0 Å². The molecular formula is C13H18BrNO3S. The molecule has 106 valence electrons. The van der Waals surface area contributed by atoms with Gasteiger partial charge >= 0.3 is 0 Å². The molecule has 0 fully saturated rings. The molecule has 1 rings (SSSR count). The maximum atomic E-state index is 11.9. The van der Waals surface area contributed by atoms with E-state index in [9.17, 15) is 13.2 Å². The predicted molar refractivity (Wildman–Crippen MR) is 79.9 cm³/mol. The van der Waals surface area contributed by atoms with Gasteiger partial charge in [-0.15, -0.1) is 0 Å². The first-order valence-corrected chi connectivity index (χ1v) is 8.24. The van der Waals surface area contributed by atoms with Crippen LogP contribution in [0.3, 0.4) is 0 Å². The Labute approximate surface area is 123 Å². The van der Waals surface area contributed by atoms with Crippen LogP contribution < -0.4 is 5.32 Å². The van der Waals surface area contributed by atoms with E-state index in [0.717, 1.165) is 22.9 Å². The van der Waals surface area contributed by atoms with Crippen LogP contribution >= 0.6 is 15.9 Å². The van der Waals surface area contributed by atoms with Crippen LogP contribution in [-0.4, -0.2) is 20.2 Å². The molecule has 6 heteroatoms. The molecule has 0 aliphatic carbocycles. The first-order chi connectivity index (χ1) is 8.90. The van der Waals surface area contributed by atoms with Crippen molar-refractivity contribution in [2.24, 2.45) is 5.92 Å². The van der Waals surface area contributed by atoms with E-state index in [-0.39, 0.29) is 11.8 Å². The minimum Gasteiger partial charge on any atom is -0.338 e. The fourth-order valence-corrected chi connectivity index (χ4v) is 2.35. The monoisotopic (exact) mass is 347 g/mol. The minimum absolute atomic E-state index is 0.326. The van der Waals surface area contributed by atoms with Crippen LogP contribution in [0.4, 0.5) is 0 Å². The average Bonchev–Trinajstić information content (AvgIpc) is 2.33. The van der Waals surface area contributed by atoms with Gasteiger partial charge in [0.15, 0.2) is 10.7 Å². The molecule has 1 aromatic carbocycles. The molecule has 0 aliphatic rings. The normalized spacial score (nSPS) is 11.0. The van der Waals surface area contributed by atoms with Gasteiger partial charge in [0, 0.05) is 10.0 Å². The molecule has 1 N–H and O–H groups in total. The zero-order valence-corrected chi connectivity index (χ0v) is 13.5. The first-order valence-electron chi connectivity index (χ1n) is 6.08. The highest BCUT2D eigenvalue weighted by atomic mass is 79.9. The second kappa shape index (κ2) is 7.65. The molecule has 1 amide bonds. The summed E-state index contributed by atoms with van der Waals surface area (Å²) in [4.78, 5) is 11.9. The molecule has 0 saturated heterocycles. The van der Waals surface area contributed by atoms with Crippen molar-refractivity contribution in [2.45, 2.75) is 26.7 Å². The van der Waals surface area contributed by atoms with Gasteiger partial charge < -0.3 is 5.32 Å². The van der Waals surface area contributed by atoms with Crippen LogP contribution in [0.1, 0.15) is 36.2 Å². The average molecular weight is 348 g/mol. The van der Waals surface area contributed by atoms with Gasteiger partial charge in [0.2, 0.25) is 0 Å². The molecule has 0 bridgehead atoms. The third kappa shape index (κ3) is 5.74. The van der Waals surface area contributed by atoms with Gasteiger partial charge in [-0.1, -0.05) is 29.8 Å². The Bertz CT molecular complexity index is 519. The Hall–Kier alpha value is -0.880. The third-order valence-corrected chi connectivity index (χ3v) is 3.58. The standard InChI is InChI=1S/C13H18BrNO3S/c1-9(2)3-4-10-7-11(14)5-6-12(10)13(16)15-8-19(17)18/h5-7,9,19H,3-4,8H2,1-2H3,(H,15,16). The van der Waals surface area contributed by atoms with E-state index >= 15 is 0 Å². The predicted octanol–water partition coefficient (Wildman–Crippen LogP) is 2.34. The number of aryl methyl sites for hydroxylation is 1. The van der Waals surface area contributed by atoms with E-state index in [2.05, 4.69) is 35.1 Å². The molecule has 0 radical (unpaired) electrons. The lowest BCUT2D eigenvalue weighted by molar-refractivity contribution is 0.0959. The minimum atomic E-state index is -2.60. The number of halogens is 1. The third-order valence-electron chi connectivity index (χ3n) is 2.67. The van der Waals surface area contributed by atoms with E-state index in [1.54, 1.807) is 12.1 Å². The summed E-state index contributed by atoms with van der Waals surface area (Å²) in [6, 6.07) is 5.41. The number of benzene rings is 1. The maximum absolute atomic E-state index is 11.9. The fraction of sp³-hybridized carbons (Fsp3) is 0.462. The highest BCUT2D eigenvalue weighted by Gasteiger charge is 2.12. The molecule has 0 aliphatic heterocycles. The molecule has 19 heavy (non-hydrogen) atoms. The SMILES string of the molecule is CC(C)CCc1cc(Br)ccc1C(=O)NC[SH](=O)=O. The van der Waals surface area contributed by atoms with Crippen LogP contribution in [0, 0.1) is 5.92 Å². The zero-order chi connectivity index (χ0) is 14.4. The fourth-order valence-electron chi connectivity index (χ4n) is 1.67. The Morgan fingerprint density at radius 2 is 2.05 bits per heavy atom. The van der Waals surface area contributed by atoms with Crippen molar-refractivity contribution in [1.82, 2.24) is 5.32 Å². The Morgan fingerprint density at radius 1 is 1.37 bits per heavy atom. The van der Waals surface area contributed by atoms with E-state index in [4.69, 9.17) is 0 Å². The van der Waals surface area contributed by atoms with Gasteiger partial charge in [-0.2, -0.15) is 0 Å². The van der Waals surface area contributed by atoms with Crippen molar-refractivity contribution in [3.8, 4) is 0 Å². The van der Waals surface area contributed by atoms with E-state index in [1.165, 1.54) is 0 Å². The summed E-state index contributed by atoms with van der Waals surface area (Å²) in [6.45, 7) is 4.25. The van der Waals surface area contributed by atoms with Gasteiger partial charge in [0.25, 0.3) is 5.91 Å². The van der Waals surface area contributed by atoms with Crippen molar-refractivity contribution in [3.63, 3.8) is 0 Å². The summed E-state index contributed by atoms with van der Waals surface area (Å²) in [5.74, 6) is -0.120. The Balaban J connectivity index is 2.88. The van der Waals surface area contributed by atoms with Crippen LogP contribution in [0.25, 0.3) is 0 Å². The van der Waals surface area contributed by atoms with Crippen LogP contribution in [-0.2, 0) is 17.1 Å². The summed E-state index contributed by atoms with van der Waals surface area (Å²) in [6.07, 6.45) is 1.77. The second-order valence-electron chi connectivity index (χ2n) is 4.73. The molecule has 0 saturated carbocycles. The highest BCUT2D eigenvalue weighted by molar-refractivity contribution is 9.10. The van der Waals surface area contributed by atoms with Gasteiger partial charge in [-0.3, -0.25) is 4.79 Å². The number of nitrogens with one attached hydrogen (secondary N) is 1. The van der Waals surface area contributed by atoms with E-state index in [1.807, 2.05) is 6.07 Å². The molecule has 0 heterocycles. The molecule has 0 unspecified atom stereocenters. The molecule has 0 spiro atoms. The summed E-state index contributed by atoms with van der Waals surface area (Å²) >= 11 is 3.39. The van der Waals surface area contributed by atoms with Crippen LogP contribution in [0.15, 0.2) is 22.7 Å². The topological polar surface area (TPSA) is 63.2 Å². The number of hydrogen-bond acceptors (Lipinski definition) is 3.